The maximum Gasteiger partial charge on any atom is 0.228 e. The number of anilines is 1. The third-order valence-electron chi connectivity index (χ3n) is 2.95. The van der Waals surface area contributed by atoms with E-state index in [0.717, 1.165) is 5.69 Å². The number of halogens is 1. The zero-order valence-electron chi connectivity index (χ0n) is 11.0. The van der Waals surface area contributed by atoms with E-state index in [2.05, 4.69) is 5.92 Å². The van der Waals surface area contributed by atoms with Crippen molar-refractivity contribution in [1.29, 1.82) is 0 Å². The zero-order valence-corrected chi connectivity index (χ0v) is 11.8. The van der Waals surface area contributed by atoms with Crippen LogP contribution in [0.4, 0.5) is 5.69 Å². The van der Waals surface area contributed by atoms with Gasteiger partial charge in [-0.1, -0.05) is 11.6 Å². The summed E-state index contributed by atoms with van der Waals surface area (Å²) >= 11 is 6.17. The molecule has 1 saturated heterocycles. The maximum absolute atomic E-state index is 11.9. The molecule has 0 saturated carbocycles. The molecule has 0 radical (unpaired) electrons. The monoisotopic (exact) mass is 277 g/mol. The molecule has 1 fully saturated rings. The van der Waals surface area contributed by atoms with Gasteiger partial charge in [0.1, 0.15) is 5.75 Å². The molecule has 1 atom stereocenters. The molecule has 1 aromatic rings. The van der Waals surface area contributed by atoms with Gasteiger partial charge in [0, 0.05) is 24.6 Å². The van der Waals surface area contributed by atoms with Gasteiger partial charge in [-0.05, 0) is 32.0 Å². The van der Waals surface area contributed by atoms with Gasteiger partial charge in [0.15, 0.2) is 0 Å². The summed E-state index contributed by atoms with van der Waals surface area (Å²) in [6.07, 6.45) is 5.83. The fourth-order valence-corrected chi connectivity index (χ4v) is 2.30. The van der Waals surface area contributed by atoms with E-state index in [9.17, 15) is 4.79 Å². The number of hydrogen-bond acceptors (Lipinski definition) is 2. The zero-order chi connectivity index (χ0) is 14.0. The van der Waals surface area contributed by atoms with Gasteiger partial charge in [-0.15, -0.1) is 12.3 Å². The summed E-state index contributed by atoms with van der Waals surface area (Å²) in [5.41, 5.74) is 0.767. The van der Waals surface area contributed by atoms with E-state index in [0.29, 0.717) is 23.7 Å². The topological polar surface area (TPSA) is 29.5 Å². The lowest BCUT2D eigenvalue weighted by atomic mass is 10.1. The quantitative estimate of drug-likeness (QED) is 0.795. The van der Waals surface area contributed by atoms with Crippen molar-refractivity contribution in [2.75, 3.05) is 11.4 Å². The number of carbonyl (C=O) groups excluding carboxylic acids is 1. The Labute approximate surface area is 118 Å². The Balaban J connectivity index is 2.21. The number of nitrogens with zero attached hydrogens (tertiary/aromatic N) is 1. The van der Waals surface area contributed by atoms with Crippen LogP contribution in [-0.2, 0) is 4.79 Å². The van der Waals surface area contributed by atoms with Gasteiger partial charge in [0.05, 0.1) is 11.1 Å². The third-order valence-corrected chi connectivity index (χ3v) is 3.25. The van der Waals surface area contributed by atoms with Gasteiger partial charge in [0.25, 0.3) is 0 Å². The molecule has 19 heavy (non-hydrogen) atoms. The summed E-state index contributed by atoms with van der Waals surface area (Å²) < 4.78 is 5.56. The molecule has 1 heterocycles. The van der Waals surface area contributed by atoms with E-state index in [-0.39, 0.29) is 17.9 Å². The van der Waals surface area contributed by atoms with E-state index in [1.165, 1.54) is 0 Å². The first kappa shape index (κ1) is 13.8. The largest absolute Gasteiger partial charge is 0.489 e. The fourth-order valence-electron chi connectivity index (χ4n) is 2.08. The van der Waals surface area contributed by atoms with Crippen LogP contribution in [0.3, 0.4) is 0 Å². The van der Waals surface area contributed by atoms with Crippen molar-refractivity contribution < 1.29 is 9.53 Å². The molecule has 0 bridgehead atoms. The number of ether oxygens (including phenoxy) is 1. The Bertz CT molecular complexity index is 533. The molecular weight excluding hydrogens is 262 g/mol. The van der Waals surface area contributed by atoms with Crippen LogP contribution in [0, 0.1) is 18.3 Å². The van der Waals surface area contributed by atoms with E-state index in [1.54, 1.807) is 17.0 Å². The molecular formula is C15H16ClNO2. The number of carbonyl (C=O) groups is 1. The van der Waals surface area contributed by atoms with Crippen molar-refractivity contribution in [1.82, 2.24) is 0 Å². The molecule has 1 amide bonds. The Morgan fingerprint density at radius 1 is 1.53 bits per heavy atom. The molecule has 0 N–H and O–H groups in total. The maximum atomic E-state index is 11.9. The lowest BCUT2D eigenvalue weighted by Crippen LogP contribution is -2.24. The Hall–Kier alpha value is -1.66. The van der Waals surface area contributed by atoms with Crippen molar-refractivity contribution in [3.8, 4) is 18.1 Å². The second-order valence-corrected chi connectivity index (χ2v) is 5.26. The van der Waals surface area contributed by atoms with Crippen molar-refractivity contribution in [2.45, 2.75) is 26.4 Å². The highest BCUT2D eigenvalue weighted by Crippen LogP contribution is 2.32. The SMILES string of the molecule is C#CC1CC(=O)N(c2ccc(OC(C)C)c(Cl)c2)C1. The van der Waals surface area contributed by atoms with Crippen LogP contribution >= 0.6 is 11.6 Å². The lowest BCUT2D eigenvalue weighted by molar-refractivity contribution is -0.117. The molecule has 1 aliphatic rings. The number of benzene rings is 1. The van der Waals surface area contributed by atoms with Gasteiger partial charge in [-0.25, -0.2) is 0 Å². The molecule has 1 aliphatic heterocycles. The average Bonchev–Trinajstić information content (AvgIpc) is 2.73. The van der Waals surface area contributed by atoms with Crippen molar-refractivity contribution >= 4 is 23.2 Å². The summed E-state index contributed by atoms with van der Waals surface area (Å²) in [5, 5.41) is 0.503. The van der Waals surface area contributed by atoms with E-state index in [4.69, 9.17) is 22.8 Å². The Morgan fingerprint density at radius 2 is 2.26 bits per heavy atom. The van der Waals surface area contributed by atoms with Crippen molar-refractivity contribution in [2.24, 2.45) is 5.92 Å². The summed E-state index contributed by atoms with van der Waals surface area (Å²) in [7, 11) is 0. The summed E-state index contributed by atoms with van der Waals surface area (Å²) in [6.45, 7) is 4.42. The normalized spacial score (nSPS) is 18.8. The predicted octanol–water partition coefficient (Wildman–Crippen LogP) is 3.11. The van der Waals surface area contributed by atoms with E-state index < -0.39 is 0 Å². The van der Waals surface area contributed by atoms with Gasteiger partial charge >= 0.3 is 0 Å². The highest BCUT2D eigenvalue weighted by atomic mass is 35.5. The first-order chi connectivity index (χ1) is 9.01. The fraction of sp³-hybridized carbons (Fsp3) is 0.400. The molecule has 4 heteroatoms. The molecule has 2 rings (SSSR count). The third kappa shape index (κ3) is 3.02. The van der Waals surface area contributed by atoms with E-state index in [1.807, 2.05) is 19.9 Å². The number of terminal acetylenes is 1. The van der Waals surface area contributed by atoms with Crippen LogP contribution < -0.4 is 9.64 Å². The minimum Gasteiger partial charge on any atom is -0.489 e. The summed E-state index contributed by atoms with van der Waals surface area (Å²) in [4.78, 5) is 13.6. The van der Waals surface area contributed by atoms with Crippen LogP contribution in [0.1, 0.15) is 20.3 Å². The molecule has 0 spiro atoms. The lowest BCUT2D eigenvalue weighted by Gasteiger charge is -2.18. The second-order valence-electron chi connectivity index (χ2n) is 4.85. The summed E-state index contributed by atoms with van der Waals surface area (Å²) in [6, 6.07) is 5.37. The first-order valence-electron chi connectivity index (χ1n) is 6.24. The van der Waals surface area contributed by atoms with Crippen LogP contribution in [0.25, 0.3) is 0 Å². The number of amides is 1. The highest BCUT2D eigenvalue weighted by Gasteiger charge is 2.29. The Morgan fingerprint density at radius 3 is 2.79 bits per heavy atom. The Kier molecular flexibility index (Phi) is 4.01. The molecule has 1 aromatic carbocycles. The minimum absolute atomic E-state index is 0.0159. The van der Waals surface area contributed by atoms with E-state index >= 15 is 0 Å². The number of hydrogen-bond donors (Lipinski definition) is 0. The molecule has 0 aromatic heterocycles. The van der Waals surface area contributed by atoms with Crippen molar-refractivity contribution in [3.63, 3.8) is 0 Å². The van der Waals surface area contributed by atoms with Gasteiger partial charge in [-0.2, -0.15) is 0 Å². The minimum atomic E-state index is -0.0159. The molecule has 0 aliphatic carbocycles. The van der Waals surface area contributed by atoms with Crippen LogP contribution in [0.15, 0.2) is 18.2 Å². The number of rotatable bonds is 3. The van der Waals surface area contributed by atoms with Crippen LogP contribution in [0.2, 0.25) is 5.02 Å². The van der Waals surface area contributed by atoms with Gasteiger partial charge < -0.3 is 9.64 Å². The predicted molar refractivity (Wildman–Crippen MR) is 76.5 cm³/mol. The van der Waals surface area contributed by atoms with Crippen LogP contribution in [-0.4, -0.2) is 18.6 Å². The smallest absolute Gasteiger partial charge is 0.228 e. The molecule has 100 valence electrons. The van der Waals surface area contributed by atoms with Crippen LogP contribution in [0.5, 0.6) is 5.75 Å². The first-order valence-corrected chi connectivity index (χ1v) is 6.61. The highest BCUT2D eigenvalue weighted by molar-refractivity contribution is 6.32. The summed E-state index contributed by atoms with van der Waals surface area (Å²) in [5.74, 6) is 3.27. The van der Waals surface area contributed by atoms with Gasteiger partial charge in [0.2, 0.25) is 5.91 Å². The second kappa shape index (κ2) is 5.54. The van der Waals surface area contributed by atoms with Crippen molar-refractivity contribution in [3.05, 3.63) is 23.2 Å². The van der Waals surface area contributed by atoms with Gasteiger partial charge in [-0.3, -0.25) is 4.79 Å². The average molecular weight is 278 g/mol. The molecule has 1 unspecified atom stereocenters. The molecule has 3 nitrogen and oxygen atoms in total. The standard InChI is InChI=1S/C15H16ClNO2/c1-4-11-7-15(18)17(9-11)12-5-6-14(13(16)8-12)19-10(2)3/h1,5-6,8,10-11H,7,9H2,2-3H3.